The second kappa shape index (κ2) is 8.13. The Morgan fingerprint density at radius 1 is 1.15 bits per heavy atom. The van der Waals surface area contributed by atoms with Gasteiger partial charge in [0, 0.05) is 18.1 Å². The molecular weight excluding hydrogens is 326 g/mol. The van der Waals surface area contributed by atoms with Crippen LogP contribution in [0, 0.1) is 17.8 Å². The van der Waals surface area contributed by atoms with Crippen LogP contribution in [0.3, 0.4) is 0 Å². The van der Waals surface area contributed by atoms with Crippen molar-refractivity contribution in [3.8, 4) is 0 Å². The molecule has 0 aromatic heterocycles. The molecule has 5 atom stereocenters. The van der Waals surface area contributed by atoms with Crippen LogP contribution in [0.25, 0.3) is 0 Å². The molecule has 0 spiro atoms. The predicted molar refractivity (Wildman–Crippen MR) is 103 cm³/mol. The number of rotatable bonds is 4. The summed E-state index contributed by atoms with van der Waals surface area (Å²) in [7, 11) is 0. The van der Waals surface area contributed by atoms with Gasteiger partial charge in [-0.3, -0.25) is 10.1 Å². The molecule has 4 rings (SSSR count). The molecule has 26 heavy (non-hydrogen) atoms. The zero-order valence-corrected chi connectivity index (χ0v) is 16.5. The quantitative estimate of drug-likeness (QED) is 0.610. The number of fused-ring (bicyclic) bond motifs is 1. The first-order valence-electron chi connectivity index (χ1n) is 10.9. The van der Waals surface area contributed by atoms with Crippen molar-refractivity contribution in [3.63, 3.8) is 0 Å². The largest absolute Gasteiger partial charge is 0.352 e. The number of nitrogens with one attached hydrogen (secondary N) is 4. The van der Waals surface area contributed by atoms with E-state index < -0.39 is 0 Å². The Hall–Kier alpha value is -0.690. The van der Waals surface area contributed by atoms with Crippen LogP contribution < -0.4 is 21.4 Å². The van der Waals surface area contributed by atoms with E-state index in [1.54, 1.807) is 0 Å². The third-order valence-corrected chi connectivity index (χ3v) is 7.55. The van der Waals surface area contributed by atoms with Crippen molar-refractivity contribution in [1.29, 1.82) is 0 Å². The normalized spacial score (nSPS) is 42.4. The van der Waals surface area contributed by atoms with Crippen LogP contribution in [0.1, 0.15) is 65.2 Å². The Balaban J connectivity index is 1.23. The van der Waals surface area contributed by atoms with Crippen LogP contribution in [0.15, 0.2) is 0 Å². The summed E-state index contributed by atoms with van der Waals surface area (Å²) in [5, 5.41) is 12.7. The molecule has 2 aliphatic carbocycles. The molecule has 4 N–H and O–H groups in total. The van der Waals surface area contributed by atoms with Crippen molar-refractivity contribution >= 4 is 5.91 Å². The second-order valence-corrected chi connectivity index (χ2v) is 9.23. The molecule has 6 nitrogen and oxygen atoms in total. The van der Waals surface area contributed by atoms with Crippen molar-refractivity contribution in [2.45, 2.75) is 89.4 Å². The average Bonchev–Trinajstić information content (AvgIpc) is 3.32. The molecule has 6 heteroatoms. The van der Waals surface area contributed by atoms with Crippen LogP contribution in [-0.4, -0.2) is 48.4 Å². The number of carbonyl (C=O) groups excluding carboxylic acids is 1. The molecule has 2 saturated carbocycles. The summed E-state index contributed by atoms with van der Waals surface area (Å²) < 4.78 is 0. The van der Waals surface area contributed by atoms with E-state index >= 15 is 0 Å². The number of hydrogen-bond acceptors (Lipinski definition) is 5. The standard InChI is InChI=1S/C20H37N5O/c1-13-4-3-5-16-10-18(24-19(13)16)20(26)23-14(2)15-6-8-17(9-7-15)25-12-21-11-22-25/h13-19,21-22,24H,3-12H2,1-2H3,(H,23,26). The highest BCUT2D eigenvalue weighted by molar-refractivity contribution is 5.82. The zero-order chi connectivity index (χ0) is 18.1. The van der Waals surface area contributed by atoms with Crippen LogP contribution in [0.4, 0.5) is 0 Å². The van der Waals surface area contributed by atoms with E-state index in [0.717, 1.165) is 19.8 Å². The molecule has 1 amide bonds. The van der Waals surface area contributed by atoms with Gasteiger partial charge in [0.15, 0.2) is 0 Å². The number of hydrogen-bond donors (Lipinski definition) is 4. The summed E-state index contributed by atoms with van der Waals surface area (Å²) in [5.41, 5.74) is 3.41. The lowest BCUT2D eigenvalue weighted by Crippen LogP contribution is -2.50. The second-order valence-electron chi connectivity index (χ2n) is 9.23. The summed E-state index contributed by atoms with van der Waals surface area (Å²) in [6.07, 6.45) is 9.85. The van der Waals surface area contributed by atoms with Crippen LogP contribution in [0.5, 0.6) is 0 Å². The maximum Gasteiger partial charge on any atom is 0.237 e. The molecule has 2 heterocycles. The van der Waals surface area contributed by atoms with E-state index in [-0.39, 0.29) is 18.0 Å². The van der Waals surface area contributed by atoms with Crippen molar-refractivity contribution in [2.24, 2.45) is 17.8 Å². The van der Waals surface area contributed by atoms with Crippen molar-refractivity contribution in [2.75, 3.05) is 13.3 Å². The molecule has 4 aliphatic rings. The third kappa shape index (κ3) is 3.93. The lowest BCUT2D eigenvalue weighted by molar-refractivity contribution is -0.124. The highest BCUT2D eigenvalue weighted by Crippen LogP contribution is 2.37. The third-order valence-electron chi connectivity index (χ3n) is 7.55. The van der Waals surface area contributed by atoms with Gasteiger partial charge in [-0.05, 0) is 69.6 Å². The maximum atomic E-state index is 12.8. The van der Waals surface area contributed by atoms with Gasteiger partial charge in [0.2, 0.25) is 5.91 Å². The highest BCUT2D eigenvalue weighted by atomic mass is 16.2. The minimum absolute atomic E-state index is 0.0317. The van der Waals surface area contributed by atoms with Crippen LogP contribution in [-0.2, 0) is 4.79 Å². The first kappa shape index (κ1) is 18.7. The van der Waals surface area contributed by atoms with Gasteiger partial charge >= 0.3 is 0 Å². The van der Waals surface area contributed by atoms with E-state index in [1.807, 2.05) is 0 Å². The lowest BCUT2D eigenvalue weighted by atomic mass is 9.78. The first-order chi connectivity index (χ1) is 12.6. The molecule has 0 aromatic rings. The minimum Gasteiger partial charge on any atom is -0.352 e. The van der Waals surface area contributed by atoms with Gasteiger partial charge in [-0.25, -0.2) is 10.4 Å². The number of hydrazine groups is 1. The molecule has 2 aliphatic heterocycles. The fourth-order valence-electron chi connectivity index (χ4n) is 5.88. The molecule has 0 aromatic carbocycles. The summed E-state index contributed by atoms with van der Waals surface area (Å²) in [5.74, 6) is 2.29. The van der Waals surface area contributed by atoms with Crippen molar-refractivity contribution < 1.29 is 4.79 Å². The van der Waals surface area contributed by atoms with Gasteiger partial charge in [-0.1, -0.05) is 13.3 Å². The Labute approximate surface area is 158 Å². The number of nitrogens with zero attached hydrogens (tertiary/aromatic N) is 1. The maximum absolute atomic E-state index is 12.8. The lowest BCUT2D eigenvalue weighted by Gasteiger charge is -2.36. The van der Waals surface area contributed by atoms with Gasteiger partial charge in [0.25, 0.3) is 0 Å². The van der Waals surface area contributed by atoms with Gasteiger partial charge in [-0.2, -0.15) is 0 Å². The zero-order valence-electron chi connectivity index (χ0n) is 16.5. The van der Waals surface area contributed by atoms with Crippen LogP contribution in [0.2, 0.25) is 0 Å². The fraction of sp³-hybridized carbons (Fsp3) is 0.950. The predicted octanol–water partition coefficient (Wildman–Crippen LogP) is 1.54. The monoisotopic (exact) mass is 363 g/mol. The number of carbonyl (C=O) groups is 1. The van der Waals surface area contributed by atoms with E-state index in [9.17, 15) is 4.79 Å². The molecule has 4 fully saturated rings. The molecule has 0 radical (unpaired) electrons. The van der Waals surface area contributed by atoms with Crippen LogP contribution >= 0.6 is 0 Å². The average molecular weight is 364 g/mol. The van der Waals surface area contributed by atoms with Crippen molar-refractivity contribution in [3.05, 3.63) is 0 Å². The minimum atomic E-state index is 0.0317. The van der Waals surface area contributed by atoms with Gasteiger partial charge in [0.05, 0.1) is 19.4 Å². The van der Waals surface area contributed by atoms with Gasteiger partial charge in [-0.15, -0.1) is 0 Å². The highest BCUT2D eigenvalue weighted by Gasteiger charge is 2.42. The molecular formula is C20H37N5O. The summed E-state index contributed by atoms with van der Waals surface area (Å²) in [6, 6.07) is 1.52. The van der Waals surface area contributed by atoms with E-state index in [2.05, 4.69) is 40.2 Å². The number of amides is 1. The molecule has 5 unspecified atom stereocenters. The fourth-order valence-corrected chi connectivity index (χ4v) is 5.88. The molecule has 0 bridgehead atoms. The topological polar surface area (TPSA) is 68.4 Å². The summed E-state index contributed by atoms with van der Waals surface area (Å²) >= 11 is 0. The van der Waals surface area contributed by atoms with E-state index in [0.29, 0.717) is 29.8 Å². The molecule has 148 valence electrons. The van der Waals surface area contributed by atoms with Gasteiger partial charge < -0.3 is 10.6 Å². The van der Waals surface area contributed by atoms with Gasteiger partial charge in [0.1, 0.15) is 0 Å². The first-order valence-corrected chi connectivity index (χ1v) is 10.9. The summed E-state index contributed by atoms with van der Waals surface area (Å²) in [4.78, 5) is 12.8. The van der Waals surface area contributed by atoms with E-state index in [1.165, 1.54) is 44.9 Å². The summed E-state index contributed by atoms with van der Waals surface area (Å²) in [6.45, 7) is 6.40. The molecule has 2 saturated heterocycles. The van der Waals surface area contributed by atoms with E-state index in [4.69, 9.17) is 0 Å². The Kier molecular flexibility index (Phi) is 5.84. The Morgan fingerprint density at radius 2 is 1.96 bits per heavy atom. The Morgan fingerprint density at radius 3 is 2.65 bits per heavy atom. The van der Waals surface area contributed by atoms with Crippen molar-refractivity contribution in [1.82, 2.24) is 26.4 Å². The Bertz CT molecular complexity index is 487. The SMILES string of the molecule is CC1CCCC2CC(C(=O)NC(C)C3CCC(N4CNCN4)CC3)NC12. The smallest absolute Gasteiger partial charge is 0.237 e.